The first kappa shape index (κ1) is 15.8. The fraction of sp³-hybridized carbons (Fsp3) is 0.167. The van der Waals surface area contributed by atoms with Crippen LogP contribution in [0.1, 0.15) is 11.3 Å². The smallest absolute Gasteiger partial charge is 0.435 e. The summed E-state index contributed by atoms with van der Waals surface area (Å²) >= 11 is 3.43. The van der Waals surface area contributed by atoms with E-state index in [1.807, 2.05) is 6.07 Å². The summed E-state index contributed by atoms with van der Waals surface area (Å²) in [5.74, 6) is 0. The van der Waals surface area contributed by atoms with Gasteiger partial charge in [-0.2, -0.15) is 13.2 Å². The second-order valence-electron chi connectivity index (χ2n) is 3.83. The fourth-order valence-electron chi connectivity index (χ4n) is 1.38. The minimum absolute atomic E-state index is 0.0192. The van der Waals surface area contributed by atoms with Crippen LogP contribution in [0.4, 0.5) is 23.1 Å². The van der Waals surface area contributed by atoms with Gasteiger partial charge >= 0.3 is 12.3 Å². The van der Waals surface area contributed by atoms with Gasteiger partial charge in [-0.05, 0) is 21.5 Å². The molecule has 0 radical (unpaired) electrons. The molecule has 1 N–H and O–H groups in total. The zero-order valence-corrected chi connectivity index (χ0v) is 12.7. The summed E-state index contributed by atoms with van der Waals surface area (Å²) in [6.45, 7) is 0.0192. The molecule has 2 aromatic rings. The maximum Gasteiger partial charge on any atom is 0.435 e. The lowest BCUT2D eigenvalue weighted by molar-refractivity contribution is -0.141. The summed E-state index contributed by atoms with van der Waals surface area (Å²) in [4.78, 5) is 14.8. The number of rotatable bonds is 3. The highest BCUT2D eigenvalue weighted by molar-refractivity contribution is 9.11. The number of nitrogens with zero attached hydrogens (tertiary/aromatic N) is 1. The lowest BCUT2D eigenvalue weighted by atomic mass is 10.2. The predicted molar refractivity (Wildman–Crippen MR) is 75.1 cm³/mol. The standard InChI is InChI=1S/C12H8BrF3N2O2S/c13-9-8(12(14,15)16)17-10(21-9)18-11(19)20-6-7-4-2-1-3-5-7/h1-5H,6H2,(H,17,18,19). The number of aromatic nitrogens is 1. The van der Waals surface area contributed by atoms with Crippen molar-refractivity contribution >= 4 is 38.5 Å². The van der Waals surface area contributed by atoms with Gasteiger partial charge in [0.2, 0.25) is 0 Å². The molecule has 2 rings (SSSR count). The molecular formula is C12H8BrF3N2O2S. The van der Waals surface area contributed by atoms with Crippen molar-refractivity contribution in [2.24, 2.45) is 0 Å². The summed E-state index contributed by atoms with van der Waals surface area (Å²) in [6.07, 6.45) is -5.45. The molecule has 0 aliphatic rings. The molecule has 0 bridgehead atoms. The second kappa shape index (κ2) is 6.44. The molecule has 0 aliphatic heterocycles. The lowest BCUT2D eigenvalue weighted by Crippen LogP contribution is -2.14. The van der Waals surface area contributed by atoms with Crippen molar-refractivity contribution in [2.45, 2.75) is 12.8 Å². The second-order valence-corrected chi connectivity index (χ2v) is 6.14. The number of thiazole rings is 1. The number of halogens is 4. The molecule has 0 saturated heterocycles. The maximum absolute atomic E-state index is 12.5. The molecule has 4 nitrogen and oxygen atoms in total. The molecule has 0 fully saturated rings. The van der Waals surface area contributed by atoms with Gasteiger partial charge in [-0.3, -0.25) is 5.32 Å². The van der Waals surface area contributed by atoms with Crippen LogP contribution < -0.4 is 5.32 Å². The summed E-state index contributed by atoms with van der Waals surface area (Å²) in [5.41, 5.74) is -0.310. The van der Waals surface area contributed by atoms with E-state index in [1.54, 1.807) is 24.3 Å². The number of carbonyl (C=O) groups excluding carboxylic acids is 1. The highest BCUT2D eigenvalue weighted by atomic mass is 79.9. The average Bonchev–Trinajstić information content (AvgIpc) is 2.78. The summed E-state index contributed by atoms with van der Waals surface area (Å²) in [7, 11) is 0. The summed E-state index contributed by atoms with van der Waals surface area (Å²) in [5, 5.41) is 1.97. The van der Waals surface area contributed by atoms with Crippen molar-refractivity contribution in [2.75, 3.05) is 5.32 Å². The number of alkyl halides is 3. The van der Waals surface area contributed by atoms with Gasteiger partial charge in [0.15, 0.2) is 10.8 Å². The zero-order valence-electron chi connectivity index (χ0n) is 10.3. The van der Waals surface area contributed by atoms with Crippen LogP contribution in [-0.2, 0) is 17.5 Å². The maximum atomic E-state index is 12.5. The predicted octanol–water partition coefficient (Wildman–Crippen LogP) is 4.67. The molecular weight excluding hydrogens is 373 g/mol. The quantitative estimate of drug-likeness (QED) is 0.841. The van der Waals surface area contributed by atoms with Crippen LogP contribution in [0, 0.1) is 0 Å². The van der Waals surface area contributed by atoms with E-state index >= 15 is 0 Å². The molecule has 0 spiro atoms. The van der Waals surface area contributed by atoms with Crippen molar-refractivity contribution in [3.63, 3.8) is 0 Å². The van der Waals surface area contributed by atoms with Gasteiger partial charge in [0.05, 0.1) is 0 Å². The SMILES string of the molecule is O=C(Nc1nc(C(F)(F)F)c(Br)s1)OCc1ccccc1. The first-order chi connectivity index (χ1) is 9.86. The molecule has 1 aromatic carbocycles. The molecule has 9 heteroatoms. The topological polar surface area (TPSA) is 51.2 Å². The zero-order chi connectivity index (χ0) is 15.5. The highest BCUT2D eigenvalue weighted by Crippen LogP contribution is 2.39. The van der Waals surface area contributed by atoms with Crippen molar-refractivity contribution in [1.29, 1.82) is 0 Å². The Labute approximate surface area is 130 Å². The van der Waals surface area contributed by atoms with Crippen molar-refractivity contribution < 1.29 is 22.7 Å². The van der Waals surface area contributed by atoms with Crippen LogP contribution in [0.5, 0.6) is 0 Å². The number of anilines is 1. The van der Waals surface area contributed by atoms with Gasteiger partial charge in [-0.15, -0.1) is 0 Å². The third-order valence-electron chi connectivity index (χ3n) is 2.28. The Kier molecular flexibility index (Phi) is 4.84. The third-order valence-corrected chi connectivity index (χ3v) is 3.90. The van der Waals surface area contributed by atoms with Crippen LogP contribution in [0.2, 0.25) is 0 Å². The molecule has 21 heavy (non-hydrogen) atoms. The van der Waals surface area contributed by atoms with E-state index in [4.69, 9.17) is 4.74 Å². The van der Waals surface area contributed by atoms with Crippen LogP contribution in [0.25, 0.3) is 0 Å². The van der Waals surface area contributed by atoms with Crippen LogP contribution in [0.15, 0.2) is 34.1 Å². The number of amides is 1. The molecule has 1 amide bonds. The molecule has 1 heterocycles. The van der Waals surface area contributed by atoms with Crippen LogP contribution >= 0.6 is 27.3 Å². The first-order valence-electron chi connectivity index (χ1n) is 5.57. The van der Waals surface area contributed by atoms with Gasteiger partial charge in [0.25, 0.3) is 0 Å². The Morgan fingerprint density at radius 1 is 1.33 bits per heavy atom. The monoisotopic (exact) mass is 380 g/mol. The van der Waals surface area contributed by atoms with Gasteiger partial charge < -0.3 is 4.74 Å². The van der Waals surface area contributed by atoms with Crippen LogP contribution in [-0.4, -0.2) is 11.1 Å². The Morgan fingerprint density at radius 2 is 2.00 bits per heavy atom. The van der Waals surface area contributed by atoms with Crippen molar-refractivity contribution in [1.82, 2.24) is 4.98 Å². The van der Waals surface area contributed by atoms with Crippen LogP contribution in [0.3, 0.4) is 0 Å². The minimum Gasteiger partial charge on any atom is -0.444 e. The molecule has 0 saturated carbocycles. The van der Waals surface area contributed by atoms with Crippen molar-refractivity contribution in [3.8, 4) is 0 Å². The molecule has 1 aromatic heterocycles. The third kappa shape index (κ3) is 4.43. The Balaban J connectivity index is 1.94. The van der Waals surface area contributed by atoms with E-state index in [0.717, 1.165) is 5.56 Å². The lowest BCUT2D eigenvalue weighted by Gasteiger charge is -2.04. The minimum atomic E-state index is -4.58. The number of nitrogens with one attached hydrogen (secondary N) is 1. The normalized spacial score (nSPS) is 11.2. The highest BCUT2D eigenvalue weighted by Gasteiger charge is 2.37. The van der Waals surface area contributed by atoms with E-state index in [-0.39, 0.29) is 15.5 Å². The largest absolute Gasteiger partial charge is 0.444 e. The van der Waals surface area contributed by atoms with Gasteiger partial charge in [-0.1, -0.05) is 41.7 Å². The number of hydrogen-bond acceptors (Lipinski definition) is 4. The Hall–Kier alpha value is -1.61. The Morgan fingerprint density at radius 3 is 2.57 bits per heavy atom. The molecule has 0 aliphatic carbocycles. The number of benzene rings is 1. The molecule has 0 atom stereocenters. The van der Waals surface area contributed by atoms with E-state index in [0.29, 0.717) is 11.3 Å². The van der Waals surface area contributed by atoms with E-state index < -0.39 is 18.0 Å². The van der Waals surface area contributed by atoms with E-state index in [2.05, 4.69) is 26.2 Å². The van der Waals surface area contributed by atoms with E-state index in [1.165, 1.54) is 0 Å². The average molecular weight is 381 g/mol. The van der Waals surface area contributed by atoms with Gasteiger partial charge in [-0.25, -0.2) is 9.78 Å². The Bertz CT molecular complexity index is 631. The first-order valence-corrected chi connectivity index (χ1v) is 7.18. The van der Waals surface area contributed by atoms with Gasteiger partial charge in [0, 0.05) is 0 Å². The summed E-state index contributed by atoms with van der Waals surface area (Å²) in [6, 6.07) is 8.90. The number of hydrogen-bond donors (Lipinski definition) is 1. The van der Waals surface area contributed by atoms with Crippen molar-refractivity contribution in [3.05, 3.63) is 45.4 Å². The number of ether oxygens (including phenoxy) is 1. The molecule has 112 valence electrons. The van der Waals surface area contributed by atoms with Gasteiger partial charge in [0.1, 0.15) is 10.4 Å². The van der Waals surface area contributed by atoms with E-state index in [9.17, 15) is 18.0 Å². The number of carbonyl (C=O) groups is 1. The molecule has 0 unspecified atom stereocenters. The fourth-order valence-corrected chi connectivity index (χ4v) is 2.85. The summed E-state index contributed by atoms with van der Waals surface area (Å²) < 4.78 is 42.3.